The second kappa shape index (κ2) is 4.74. The van der Waals surface area contributed by atoms with Gasteiger partial charge in [-0.05, 0) is 37.2 Å². The van der Waals surface area contributed by atoms with Gasteiger partial charge in [-0.2, -0.15) is 0 Å². The largest absolute Gasteiger partial charge is 0.388 e. The molecule has 0 amide bonds. The summed E-state index contributed by atoms with van der Waals surface area (Å²) >= 11 is 0. The fraction of sp³-hybridized carbons (Fsp3) is 0.600. The average Bonchev–Trinajstić information content (AvgIpc) is 3.03. The molecule has 0 aliphatic heterocycles. The molecule has 4 atom stereocenters. The van der Waals surface area contributed by atoms with Crippen molar-refractivity contribution in [2.75, 3.05) is 6.54 Å². The Morgan fingerprint density at radius 2 is 1.90 bits per heavy atom. The lowest BCUT2D eigenvalue weighted by atomic mass is 9.67. The Bertz CT molecular complexity index is 536. The zero-order valence-corrected chi connectivity index (χ0v) is 11.1. The normalized spacial score (nSPS) is 33.6. The van der Waals surface area contributed by atoms with E-state index in [0.717, 1.165) is 31.7 Å². The standard InChI is InChI=1S/C15H18F3NO/c16-11-5-13(18)12(17)4-10(11)14(20)15(7-19)6-8-1-2-9(15)3-8/h4-5,8-9,14,20H,1-3,6-7,19H2. The van der Waals surface area contributed by atoms with Crippen LogP contribution in [0.1, 0.15) is 37.4 Å². The summed E-state index contributed by atoms with van der Waals surface area (Å²) in [7, 11) is 0. The number of hydrogen-bond donors (Lipinski definition) is 2. The molecule has 2 saturated carbocycles. The minimum Gasteiger partial charge on any atom is -0.388 e. The molecule has 0 radical (unpaired) electrons. The van der Waals surface area contributed by atoms with Crippen LogP contribution in [0.25, 0.3) is 0 Å². The number of fused-ring (bicyclic) bond motifs is 2. The van der Waals surface area contributed by atoms with Crippen molar-refractivity contribution in [1.29, 1.82) is 0 Å². The molecule has 2 nitrogen and oxygen atoms in total. The zero-order valence-electron chi connectivity index (χ0n) is 11.1. The van der Waals surface area contributed by atoms with Crippen LogP contribution < -0.4 is 5.73 Å². The number of hydrogen-bond acceptors (Lipinski definition) is 2. The van der Waals surface area contributed by atoms with E-state index in [4.69, 9.17) is 5.73 Å². The van der Waals surface area contributed by atoms with Crippen molar-refractivity contribution in [3.05, 3.63) is 35.1 Å². The maximum absolute atomic E-state index is 13.9. The summed E-state index contributed by atoms with van der Waals surface area (Å²) in [6.07, 6.45) is 2.61. The first-order valence-corrected chi connectivity index (χ1v) is 7.00. The maximum atomic E-state index is 13.9. The topological polar surface area (TPSA) is 46.2 Å². The molecule has 3 N–H and O–H groups in total. The first-order chi connectivity index (χ1) is 9.48. The van der Waals surface area contributed by atoms with Gasteiger partial charge in [0.25, 0.3) is 0 Å². The van der Waals surface area contributed by atoms with Crippen LogP contribution in [0.3, 0.4) is 0 Å². The molecule has 0 heterocycles. The number of benzene rings is 1. The van der Waals surface area contributed by atoms with Crippen molar-refractivity contribution in [3.63, 3.8) is 0 Å². The van der Waals surface area contributed by atoms with Crippen molar-refractivity contribution in [2.24, 2.45) is 23.0 Å². The van der Waals surface area contributed by atoms with Gasteiger partial charge in [0.05, 0.1) is 6.10 Å². The van der Waals surface area contributed by atoms with Crippen LogP contribution in [0, 0.1) is 34.7 Å². The molecule has 3 rings (SSSR count). The SMILES string of the molecule is NCC1(C(O)c2cc(F)c(F)cc2F)CC2CCC1C2. The summed E-state index contributed by atoms with van der Waals surface area (Å²) in [5, 5.41) is 10.6. The van der Waals surface area contributed by atoms with Gasteiger partial charge in [-0.1, -0.05) is 6.42 Å². The van der Waals surface area contributed by atoms with Crippen LogP contribution in [-0.2, 0) is 0 Å². The lowest BCUT2D eigenvalue weighted by Crippen LogP contribution is -2.41. The molecule has 2 aliphatic carbocycles. The van der Waals surface area contributed by atoms with Crippen molar-refractivity contribution >= 4 is 0 Å². The molecular weight excluding hydrogens is 267 g/mol. The molecule has 2 aliphatic rings. The van der Waals surface area contributed by atoms with Crippen LogP contribution in [0.4, 0.5) is 13.2 Å². The van der Waals surface area contributed by atoms with E-state index < -0.39 is 29.0 Å². The molecule has 1 aromatic rings. The number of rotatable bonds is 3. The van der Waals surface area contributed by atoms with Crippen LogP contribution in [0.5, 0.6) is 0 Å². The average molecular weight is 285 g/mol. The van der Waals surface area contributed by atoms with E-state index >= 15 is 0 Å². The van der Waals surface area contributed by atoms with Gasteiger partial charge >= 0.3 is 0 Å². The molecule has 2 bridgehead atoms. The fourth-order valence-corrected chi connectivity index (χ4v) is 4.24. The highest BCUT2D eigenvalue weighted by Crippen LogP contribution is 2.60. The molecule has 2 fully saturated rings. The van der Waals surface area contributed by atoms with Gasteiger partial charge in [0.2, 0.25) is 0 Å². The highest BCUT2D eigenvalue weighted by molar-refractivity contribution is 5.26. The first-order valence-electron chi connectivity index (χ1n) is 7.00. The molecule has 20 heavy (non-hydrogen) atoms. The van der Waals surface area contributed by atoms with Gasteiger partial charge in [-0.15, -0.1) is 0 Å². The lowest BCUT2D eigenvalue weighted by Gasteiger charge is -2.41. The van der Waals surface area contributed by atoms with Gasteiger partial charge in [0.15, 0.2) is 11.6 Å². The molecule has 110 valence electrons. The molecule has 0 aromatic heterocycles. The molecule has 0 saturated heterocycles. The van der Waals surface area contributed by atoms with Gasteiger partial charge in [0.1, 0.15) is 5.82 Å². The molecule has 1 aromatic carbocycles. The summed E-state index contributed by atoms with van der Waals surface area (Å²) in [6.45, 7) is 0.230. The predicted molar refractivity (Wildman–Crippen MR) is 68.2 cm³/mol. The number of aliphatic hydroxyl groups is 1. The Labute approximate surface area is 115 Å². The van der Waals surface area contributed by atoms with Gasteiger partial charge in [-0.3, -0.25) is 0 Å². The van der Waals surface area contributed by atoms with E-state index in [1.54, 1.807) is 0 Å². The van der Waals surface area contributed by atoms with Crippen molar-refractivity contribution in [3.8, 4) is 0 Å². The summed E-state index contributed by atoms with van der Waals surface area (Å²) in [6, 6.07) is 1.25. The summed E-state index contributed by atoms with van der Waals surface area (Å²) < 4.78 is 40.2. The van der Waals surface area contributed by atoms with E-state index in [2.05, 4.69) is 0 Å². The van der Waals surface area contributed by atoms with Crippen molar-refractivity contribution < 1.29 is 18.3 Å². The van der Waals surface area contributed by atoms with E-state index in [1.807, 2.05) is 0 Å². The molecule has 4 unspecified atom stereocenters. The molecule has 5 heteroatoms. The Kier molecular flexibility index (Phi) is 3.29. The van der Waals surface area contributed by atoms with Gasteiger partial charge in [-0.25, -0.2) is 13.2 Å². The van der Waals surface area contributed by atoms with E-state index in [-0.39, 0.29) is 18.0 Å². The fourth-order valence-electron chi connectivity index (χ4n) is 4.24. The summed E-state index contributed by atoms with van der Waals surface area (Å²) in [4.78, 5) is 0. The van der Waals surface area contributed by atoms with E-state index in [0.29, 0.717) is 12.0 Å². The predicted octanol–water partition coefficient (Wildman–Crippen LogP) is 2.90. The molecular formula is C15H18F3NO. The van der Waals surface area contributed by atoms with Gasteiger partial charge < -0.3 is 10.8 Å². The molecule has 0 spiro atoms. The minimum absolute atomic E-state index is 0.179. The highest BCUT2D eigenvalue weighted by Gasteiger charge is 2.54. The minimum atomic E-state index is -1.24. The number of halogens is 3. The Balaban J connectivity index is 1.99. The Hall–Kier alpha value is -1.07. The van der Waals surface area contributed by atoms with Crippen molar-refractivity contribution in [2.45, 2.75) is 31.8 Å². The van der Waals surface area contributed by atoms with Crippen LogP contribution in [-0.4, -0.2) is 11.7 Å². The third kappa shape index (κ3) is 1.87. The maximum Gasteiger partial charge on any atom is 0.161 e. The quantitative estimate of drug-likeness (QED) is 0.839. The second-order valence-electron chi connectivity index (χ2n) is 6.21. The first kappa shape index (κ1) is 13.9. The zero-order chi connectivity index (χ0) is 14.5. The summed E-state index contributed by atoms with van der Waals surface area (Å²) in [5.41, 5.74) is 5.08. The van der Waals surface area contributed by atoms with Gasteiger partial charge in [0, 0.05) is 23.6 Å². The lowest BCUT2D eigenvalue weighted by molar-refractivity contribution is -0.0153. The van der Waals surface area contributed by atoms with Crippen LogP contribution in [0.2, 0.25) is 0 Å². The summed E-state index contributed by atoms with van der Waals surface area (Å²) in [5.74, 6) is -2.55. The van der Waals surface area contributed by atoms with E-state index in [9.17, 15) is 18.3 Å². The van der Waals surface area contributed by atoms with Crippen LogP contribution in [0.15, 0.2) is 12.1 Å². The van der Waals surface area contributed by atoms with Crippen molar-refractivity contribution in [1.82, 2.24) is 0 Å². The van der Waals surface area contributed by atoms with Crippen LogP contribution >= 0.6 is 0 Å². The third-order valence-corrected chi connectivity index (χ3v) is 5.28. The smallest absolute Gasteiger partial charge is 0.161 e. The highest BCUT2D eigenvalue weighted by atomic mass is 19.2. The van der Waals surface area contributed by atoms with E-state index in [1.165, 1.54) is 0 Å². The second-order valence-corrected chi connectivity index (χ2v) is 6.21. The number of aliphatic hydroxyl groups excluding tert-OH is 1. The Morgan fingerprint density at radius 3 is 2.45 bits per heavy atom. The Morgan fingerprint density at radius 1 is 1.20 bits per heavy atom. The third-order valence-electron chi connectivity index (χ3n) is 5.28. The number of nitrogens with two attached hydrogens (primary N) is 1. The monoisotopic (exact) mass is 285 g/mol.